The quantitative estimate of drug-likeness (QED) is 0.306. The van der Waals surface area contributed by atoms with E-state index in [1.165, 1.54) is 11.1 Å². The Kier molecular flexibility index (Phi) is 9.61. The minimum Gasteiger partial charge on any atom is -0.355 e. The van der Waals surface area contributed by atoms with Crippen LogP contribution in [0.2, 0.25) is 0 Å². The second-order valence-electron chi connectivity index (χ2n) is 5.96. The molecule has 21 heavy (non-hydrogen) atoms. The van der Waals surface area contributed by atoms with Crippen LogP contribution in [0.25, 0.3) is 0 Å². The van der Waals surface area contributed by atoms with Crippen molar-refractivity contribution in [3.63, 3.8) is 0 Å². The predicted octanol–water partition coefficient (Wildman–Crippen LogP) is 2.67. The zero-order valence-electron chi connectivity index (χ0n) is 13.8. The van der Waals surface area contributed by atoms with Gasteiger partial charge in [-0.2, -0.15) is 0 Å². The number of nitrogens with one attached hydrogen (secondary N) is 3. The van der Waals surface area contributed by atoms with Gasteiger partial charge >= 0.3 is 0 Å². The highest BCUT2D eigenvalue weighted by molar-refractivity contribution is 14.0. The number of aryl methyl sites for hydroxylation is 1. The minimum absolute atomic E-state index is 0. The van der Waals surface area contributed by atoms with Crippen molar-refractivity contribution in [2.75, 3.05) is 20.1 Å². The molecule has 0 aliphatic rings. The van der Waals surface area contributed by atoms with Crippen LogP contribution in [0, 0.1) is 6.92 Å². The minimum atomic E-state index is 0. The summed E-state index contributed by atoms with van der Waals surface area (Å²) in [6.07, 6.45) is 0. The third-order valence-corrected chi connectivity index (χ3v) is 3.00. The summed E-state index contributed by atoms with van der Waals surface area (Å²) < 4.78 is 0. The Labute approximate surface area is 146 Å². The maximum absolute atomic E-state index is 4.23. The van der Waals surface area contributed by atoms with Gasteiger partial charge in [-0.15, -0.1) is 24.0 Å². The maximum Gasteiger partial charge on any atom is 0.191 e. The molecular weight excluding hydrogens is 375 g/mol. The van der Waals surface area contributed by atoms with Crippen LogP contribution in [0.1, 0.15) is 31.9 Å². The molecule has 3 N–H and O–H groups in total. The highest BCUT2D eigenvalue weighted by Gasteiger charge is 2.07. The number of benzene rings is 1. The fourth-order valence-corrected chi connectivity index (χ4v) is 1.83. The van der Waals surface area contributed by atoms with Gasteiger partial charge in [0.1, 0.15) is 0 Å². The number of hydrogen-bond donors (Lipinski definition) is 3. The van der Waals surface area contributed by atoms with Crippen molar-refractivity contribution in [1.29, 1.82) is 0 Å². The van der Waals surface area contributed by atoms with E-state index in [1.54, 1.807) is 7.05 Å². The van der Waals surface area contributed by atoms with Crippen LogP contribution >= 0.6 is 24.0 Å². The third-order valence-electron chi connectivity index (χ3n) is 3.00. The van der Waals surface area contributed by atoms with E-state index in [1.807, 2.05) is 0 Å². The SMILES string of the molecule is CN=C(NCCNC(C)(C)C)NCc1ccccc1C.I. The second-order valence-corrected chi connectivity index (χ2v) is 5.96. The maximum atomic E-state index is 4.23. The molecule has 0 radical (unpaired) electrons. The van der Waals surface area contributed by atoms with Crippen molar-refractivity contribution in [2.45, 2.75) is 39.8 Å². The molecule has 4 nitrogen and oxygen atoms in total. The van der Waals surface area contributed by atoms with E-state index in [4.69, 9.17) is 0 Å². The first-order chi connectivity index (χ1) is 9.42. The van der Waals surface area contributed by atoms with Gasteiger partial charge < -0.3 is 16.0 Å². The van der Waals surface area contributed by atoms with Crippen LogP contribution in [-0.4, -0.2) is 31.6 Å². The Bertz CT molecular complexity index is 438. The van der Waals surface area contributed by atoms with Gasteiger partial charge in [0, 0.05) is 32.2 Å². The van der Waals surface area contributed by atoms with Gasteiger partial charge in [-0.3, -0.25) is 4.99 Å². The average molecular weight is 404 g/mol. The molecule has 1 rings (SSSR count). The molecule has 0 amide bonds. The number of guanidine groups is 1. The van der Waals surface area contributed by atoms with Crippen molar-refractivity contribution in [1.82, 2.24) is 16.0 Å². The molecule has 0 aliphatic heterocycles. The molecule has 0 aliphatic carbocycles. The summed E-state index contributed by atoms with van der Waals surface area (Å²) >= 11 is 0. The number of halogens is 1. The molecule has 0 aromatic heterocycles. The Morgan fingerprint density at radius 1 is 1.10 bits per heavy atom. The molecule has 0 heterocycles. The summed E-state index contributed by atoms with van der Waals surface area (Å²) in [5.74, 6) is 0.837. The third kappa shape index (κ3) is 8.93. The molecule has 0 bridgehead atoms. The molecule has 0 atom stereocenters. The number of rotatable bonds is 5. The molecule has 120 valence electrons. The molecule has 0 saturated heterocycles. The Balaban J connectivity index is 0.00000400. The van der Waals surface area contributed by atoms with Crippen molar-refractivity contribution >= 4 is 29.9 Å². The molecular formula is C16H29IN4. The molecule has 5 heteroatoms. The first kappa shape index (κ1) is 20.2. The number of aliphatic imine (C=N–C) groups is 1. The number of hydrogen-bond acceptors (Lipinski definition) is 2. The largest absolute Gasteiger partial charge is 0.355 e. The highest BCUT2D eigenvalue weighted by Crippen LogP contribution is 2.05. The fraction of sp³-hybridized carbons (Fsp3) is 0.562. The summed E-state index contributed by atoms with van der Waals surface area (Å²) in [5.41, 5.74) is 2.74. The molecule has 1 aromatic rings. The van der Waals surface area contributed by atoms with Crippen molar-refractivity contribution in [2.24, 2.45) is 4.99 Å². The summed E-state index contributed by atoms with van der Waals surface area (Å²) in [7, 11) is 1.80. The van der Waals surface area contributed by atoms with E-state index in [0.29, 0.717) is 0 Å². The van der Waals surface area contributed by atoms with E-state index < -0.39 is 0 Å². The fourth-order valence-electron chi connectivity index (χ4n) is 1.83. The van der Waals surface area contributed by atoms with Gasteiger partial charge in [-0.1, -0.05) is 24.3 Å². The average Bonchev–Trinajstić information content (AvgIpc) is 2.38. The predicted molar refractivity (Wildman–Crippen MR) is 103 cm³/mol. The van der Waals surface area contributed by atoms with E-state index >= 15 is 0 Å². The first-order valence-corrected chi connectivity index (χ1v) is 7.16. The zero-order valence-corrected chi connectivity index (χ0v) is 16.1. The van der Waals surface area contributed by atoms with Crippen LogP contribution in [0.5, 0.6) is 0 Å². The summed E-state index contributed by atoms with van der Waals surface area (Å²) in [6, 6.07) is 8.38. The van der Waals surface area contributed by atoms with Crippen LogP contribution in [0.4, 0.5) is 0 Å². The van der Waals surface area contributed by atoms with E-state index in [-0.39, 0.29) is 29.5 Å². The summed E-state index contributed by atoms with van der Waals surface area (Å²) in [5, 5.41) is 10.1. The van der Waals surface area contributed by atoms with Gasteiger partial charge in [0.2, 0.25) is 0 Å². The van der Waals surface area contributed by atoms with Gasteiger partial charge in [-0.05, 0) is 38.8 Å². The van der Waals surface area contributed by atoms with Gasteiger partial charge in [0.05, 0.1) is 0 Å². The summed E-state index contributed by atoms with van der Waals surface area (Å²) in [6.45, 7) is 11.2. The van der Waals surface area contributed by atoms with E-state index in [0.717, 1.165) is 25.6 Å². The lowest BCUT2D eigenvalue weighted by Crippen LogP contribution is -2.44. The smallest absolute Gasteiger partial charge is 0.191 e. The monoisotopic (exact) mass is 404 g/mol. The van der Waals surface area contributed by atoms with Crippen LogP contribution in [0.3, 0.4) is 0 Å². The zero-order chi connectivity index (χ0) is 15.0. The van der Waals surface area contributed by atoms with E-state index in [9.17, 15) is 0 Å². The van der Waals surface area contributed by atoms with E-state index in [2.05, 4.69) is 72.9 Å². The standard InChI is InChI=1S/C16H28N4.HI/c1-13-8-6-7-9-14(13)12-19-15(17-5)18-10-11-20-16(2,3)4;/h6-9,20H,10-12H2,1-5H3,(H2,17,18,19);1H. The van der Waals surface area contributed by atoms with Gasteiger partial charge in [-0.25, -0.2) is 0 Å². The van der Waals surface area contributed by atoms with Crippen LogP contribution in [0.15, 0.2) is 29.3 Å². The lowest BCUT2D eigenvalue weighted by molar-refractivity contribution is 0.428. The van der Waals surface area contributed by atoms with Gasteiger partial charge in [0.25, 0.3) is 0 Å². The van der Waals surface area contributed by atoms with Crippen LogP contribution in [-0.2, 0) is 6.54 Å². The number of nitrogens with zero attached hydrogens (tertiary/aromatic N) is 1. The van der Waals surface area contributed by atoms with Crippen molar-refractivity contribution < 1.29 is 0 Å². The lowest BCUT2D eigenvalue weighted by Gasteiger charge is -2.21. The normalized spacial score (nSPS) is 11.8. The second kappa shape index (κ2) is 10.00. The van der Waals surface area contributed by atoms with Crippen LogP contribution < -0.4 is 16.0 Å². The summed E-state index contributed by atoms with van der Waals surface area (Å²) in [4.78, 5) is 4.23. The Morgan fingerprint density at radius 2 is 1.76 bits per heavy atom. The molecule has 0 saturated carbocycles. The van der Waals surface area contributed by atoms with Gasteiger partial charge in [0.15, 0.2) is 5.96 Å². The van der Waals surface area contributed by atoms with Crippen molar-refractivity contribution in [3.8, 4) is 0 Å². The molecule has 0 unspecified atom stereocenters. The Hall–Kier alpha value is -0.820. The Morgan fingerprint density at radius 3 is 2.33 bits per heavy atom. The highest BCUT2D eigenvalue weighted by atomic mass is 127. The molecule has 0 fully saturated rings. The molecule has 0 spiro atoms. The van der Waals surface area contributed by atoms with Crippen molar-refractivity contribution in [3.05, 3.63) is 35.4 Å². The molecule has 1 aromatic carbocycles. The lowest BCUT2D eigenvalue weighted by atomic mass is 10.1. The first-order valence-electron chi connectivity index (χ1n) is 7.16. The topological polar surface area (TPSA) is 48.5 Å².